The normalized spacial score (nSPS) is 18.2. The van der Waals surface area contributed by atoms with Crippen LogP contribution in [0.5, 0.6) is 0 Å². The van der Waals surface area contributed by atoms with Gasteiger partial charge in [0.25, 0.3) is 0 Å². The number of benzene rings is 1. The van der Waals surface area contributed by atoms with Gasteiger partial charge in [-0.2, -0.15) is 5.10 Å². The molecule has 8 heteroatoms. The van der Waals surface area contributed by atoms with Gasteiger partial charge in [0.1, 0.15) is 5.82 Å². The molecule has 0 saturated carbocycles. The number of nitrogens with zero attached hydrogens (tertiary/aromatic N) is 2. The first-order chi connectivity index (χ1) is 12.4. The summed E-state index contributed by atoms with van der Waals surface area (Å²) in [6, 6.07) is 6.12. The van der Waals surface area contributed by atoms with Crippen LogP contribution in [0.4, 0.5) is 10.1 Å². The summed E-state index contributed by atoms with van der Waals surface area (Å²) in [4.78, 5) is 2.23. The predicted octanol–water partition coefficient (Wildman–Crippen LogP) is 2.15. The molecule has 1 aliphatic heterocycles. The van der Waals surface area contributed by atoms with E-state index in [4.69, 9.17) is 0 Å². The van der Waals surface area contributed by atoms with Gasteiger partial charge in [0.15, 0.2) is 0 Å². The zero-order valence-corrected chi connectivity index (χ0v) is 15.3. The molecule has 1 aromatic carbocycles. The van der Waals surface area contributed by atoms with Gasteiger partial charge in [0.05, 0.1) is 30.4 Å². The highest BCUT2D eigenvalue weighted by Gasteiger charge is 2.25. The third-order valence-corrected chi connectivity index (χ3v) is 4.85. The number of rotatable bonds is 4. The minimum Gasteiger partial charge on any atom is -0.292 e. The Kier molecular flexibility index (Phi) is 5.59. The van der Waals surface area contributed by atoms with Gasteiger partial charge < -0.3 is 0 Å². The summed E-state index contributed by atoms with van der Waals surface area (Å²) >= 11 is 0. The molecule has 0 amide bonds. The lowest BCUT2D eigenvalue weighted by Gasteiger charge is -2.31. The lowest BCUT2D eigenvalue weighted by Crippen LogP contribution is -2.35. The quantitative estimate of drug-likeness (QED) is 0.802. The van der Waals surface area contributed by atoms with Gasteiger partial charge in [-0.25, -0.2) is 12.8 Å². The fraction of sp³-hybridized carbons (Fsp3) is 0.389. The molecule has 0 bridgehead atoms. The van der Waals surface area contributed by atoms with Crippen molar-refractivity contribution in [2.45, 2.75) is 18.8 Å². The Morgan fingerprint density at radius 1 is 1.38 bits per heavy atom. The van der Waals surface area contributed by atoms with E-state index < -0.39 is 10.0 Å². The smallest absolute Gasteiger partial charge is 0.229 e. The van der Waals surface area contributed by atoms with Crippen LogP contribution in [0.2, 0.25) is 0 Å². The topological polar surface area (TPSA) is 78.1 Å². The van der Waals surface area contributed by atoms with E-state index >= 15 is 0 Å². The summed E-state index contributed by atoms with van der Waals surface area (Å²) in [5, 5.41) is 6.92. The van der Waals surface area contributed by atoms with Crippen molar-refractivity contribution >= 4 is 15.7 Å². The zero-order chi connectivity index (χ0) is 18.6. The van der Waals surface area contributed by atoms with E-state index in [0.29, 0.717) is 12.2 Å². The fourth-order valence-corrected chi connectivity index (χ4v) is 3.67. The fourth-order valence-electron chi connectivity index (χ4n) is 3.11. The molecule has 2 N–H and O–H groups in total. The highest BCUT2D eigenvalue weighted by atomic mass is 32.2. The molecule has 1 aliphatic rings. The molecule has 0 aliphatic carbocycles. The SMILES string of the molecule is CS(=O)(=O)Nc1cn[nH]c1C1CCCN(CC#Cc2ccc(F)cc2)C1. The second kappa shape index (κ2) is 7.89. The average molecular weight is 376 g/mol. The van der Waals surface area contributed by atoms with E-state index in [1.807, 2.05) is 0 Å². The minimum absolute atomic E-state index is 0.170. The van der Waals surface area contributed by atoms with Crippen LogP contribution in [0, 0.1) is 17.7 Å². The first-order valence-corrected chi connectivity index (χ1v) is 10.3. The van der Waals surface area contributed by atoms with Crippen LogP contribution >= 0.6 is 0 Å². The van der Waals surface area contributed by atoms with E-state index in [1.165, 1.54) is 18.3 Å². The van der Waals surface area contributed by atoms with E-state index in [0.717, 1.165) is 43.4 Å². The maximum atomic E-state index is 12.9. The molecule has 26 heavy (non-hydrogen) atoms. The van der Waals surface area contributed by atoms with Crippen LogP contribution in [0.15, 0.2) is 30.5 Å². The number of likely N-dealkylation sites (tertiary alicyclic amines) is 1. The number of aromatic nitrogens is 2. The van der Waals surface area contributed by atoms with E-state index in [9.17, 15) is 12.8 Å². The van der Waals surface area contributed by atoms with Gasteiger partial charge in [-0.15, -0.1) is 0 Å². The molecule has 0 radical (unpaired) electrons. The van der Waals surface area contributed by atoms with Crippen molar-refractivity contribution < 1.29 is 12.8 Å². The largest absolute Gasteiger partial charge is 0.292 e. The number of piperidine rings is 1. The number of nitrogens with one attached hydrogen (secondary N) is 2. The molecule has 2 aromatic rings. The summed E-state index contributed by atoms with van der Waals surface area (Å²) in [6.45, 7) is 2.33. The van der Waals surface area contributed by atoms with Crippen molar-refractivity contribution in [1.82, 2.24) is 15.1 Å². The Labute approximate surface area is 152 Å². The molecular weight excluding hydrogens is 355 g/mol. The monoisotopic (exact) mass is 376 g/mol. The van der Waals surface area contributed by atoms with Crippen molar-refractivity contribution in [3.05, 3.63) is 47.5 Å². The maximum absolute atomic E-state index is 12.9. The van der Waals surface area contributed by atoms with Crippen LogP contribution in [-0.4, -0.2) is 49.4 Å². The third-order valence-electron chi connectivity index (χ3n) is 4.26. The van der Waals surface area contributed by atoms with Crippen LogP contribution in [0.3, 0.4) is 0 Å². The van der Waals surface area contributed by atoms with E-state index in [2.05, 4.69) is 31.7 Å². The highest BCUT2D eigenvalue weighted by molar-refractivity contribution is 7.92. The molecule has 1 atom stereocenters. The van der Waals surface area contributed by atoms with Gasteiger partial charge in [-0.05, 0) is 43.7 Å². The Morgan fingerprint density at radius 3 is 2.88 bits per heavy atom. The summed E-state index contributed by atoms with van der Waals surface area (Å²) in [5.41, 5.74) is 2.11. The molecule has 1 saturated heterocycles. The predicted molar refractivity (Wildman–Crippen MR) is 98.7 cm³/mol. The summed E-state index contributed by atoms with van der Waals surface area (Å²) in [7, 11) is -3.34. The van der Waals surface area contributed by atoms with Crippen LogP contribution < -0.4 is 4.72 Å². The van der Waals surface area contributed by atoms with Gasteiger partial charge >= 0.3 is 0 Å². The first-order valence-electron chi connectivity index (χ1n) is 8.38. The van der Waals surface area contributed by atoms with Gasteiger partial charge in [-0.1, -0.05) is 11.8 Å². The molecule has 0 spiro atoms. The van der Waals surface area contributed by atoms with Crippen LogP contribution in [-0.2, 0) is 10.0 Å². The maximum Gasteiger partial charge on any atom is 0.229 e. The van der Waals surface area contributed by atoms with E-state index in [-0.39, 0.29) is 11.7 Å². The van der Waals surface area contributed by atoms with Gasteiger partial charge in [0, 0.05) is 18.0 Å². The van der Waals surface area contributed by atoms with Crippen molar-refractivity contribution in [3.63, 3.8) is 0 Å². The number of hydrogen-bond donors (Lipinski definition) is 2. The standard InChI is InChI=1S/C18H21FN4O2S/c1-26(24,25)22-17-12-20-21-18(17)15-5-3-11-23(13-15)10-2-4-14-6-8-16(19)9-7-14/h6-9,12,15,22H,3,5,10-11,13H2,1H3,(H,20,21). The van der Waals surface area contributed by atoms with E-state index in [1.54, 1.807) is 12.1 Å². The summed E-state index contributed by atoms with van der Waals surface area (Å²) < 4.78 is 38.4. The number of hydrogen-bond acceptors (Lipinski definition) is 4. The van der Waals surface area contributed by atoms with Gasteiger partial charge in [-0.3, -0.25) is 14.7 Å². The molecule has 1 aromatic heterocycles. The Hall–Kier alpha value is -2.37. The number of H-pyrrole nitrogens is 1. The molecule has 1 unspecified atom stereocenters. The highest BCUT2D eigenvalue weighted by Crippen LogP contribution is 2.30. The molecule has 138 valence electrons. The first kappa shape index (κ1) is 18.4. The number of anilines is 1. The minimum atomic E-state index is -3.34. The molecule has 3 rings (SSSR count). The summed E-state index contributed by atoms with van der Waals surface area (Å²) in [6.07, 6.45) is 4.59. The zero-order valence-electron chi connectivity index (χ0n) is 14.5. The van der Waals surface area contributed by atoms with Crippen molar-refractivity contribution in [2.75, 3.05) is 30.6 Å². The Morgan fingerprint density at radius 2 is 2.15 bits per heavy atom. The summed E-state index contributed by atoms with van der Waals surface area (Å²) in [5.74, 6) is 6.07. The van der Waals surface area contributed by atoms with Crippen molar-refractivity contribution in [1.29, 1.82) is 0 Å². The molecule has 1 fully saturated rings. The van der Waals surface area contributed by atoms with Gasteiger partial charge in [0.2, 0.25) is 10.0 Å². The lowest BCUT2D eigenvalue weighted by atomic mass is 9.94. The Bertz CT molecular complexity index is 913. The molecule has 6 nitrogen and oxygen atoms in total. The Balaban J connectivity index is 1.63. The lowest BCUT2D eigenvalue weighted by molar-refractivity contribution is 0.229. The number of aromatic amines is 1. The molecule has 2 heterocycles. The second-order valence-corrected chi connectivity index (χ2v) is 8.20. The van der Waals surface area contributed by atoms with Crippen LogP contribution in [0.25, 0.3) is 0 Å². The molecular formula is C18H21FN4O2S. The second-order valence-electron chi connectivity index (χ2n) is 6.45. The van der Waals surface area contributed by atoms with Crippen molar-refractivity contribution in [2.24, 2.45) is 0 Å². The van der Waals surface area contributed by atoms with Crippen LogP contribution in [0.1, 0.15) is 30.0 Å². The number of sulfonamides is 1. The number of halogens is 1. The third kappa shape index (κ3) is 5.07. The van der Waals surface area contributed by atoms with Crippen molar-refractivity contribution in [3.8, 4) is 11.8 Å². The average Bonchev–Trinajstić information content (AvgIpc) is 3.03.